The Morgan fingerprint density at radius 1 is 0.742 bits per heavy atom. The Balaban J connectivity index is 3.84. The third kappa shape index (κ3) is 22.3. The Labute approximate surface area is 196 Å². The molecule has 0 aliphatic carbocycles. The van der Waals surface area contributed by atoms with Crippen LogP contribution in [0.25, 0.3) is 0 Å². The molecule has 6 nitrogen and oxygen atoms in total. The summed E-state index contributed by atoms with van der Waals surface area (Å²) >= 11 is 4.22. The van der Waals surface area contributed by atoms with Gasteiger partial charge in [0.1, 0.15) is 13.2 Å². The Morgan fingerprint density at radius 2 is 1.26 bits per heavy atom. The van der Waals surface area contributed by atoms with Crippen molar-refractivity contribution in [1.29, 1.82) is 0 Å². The van der Waals surface area contributed by atoms with Gasteiger partial charge in [-0.3, -0.25) is 14.1 Å². The Kier molecular flexibility index (Phi) is 23.5. The minimum Gasteiger partial charge on any atom is -0.462 e. The van der Waals surface area contributed by atoms with Gasteiger partial charge < -0.3 is 9.47 Å². The largest absolute Gasteiger partial charge is 0.462 e. The van der Waals surface area contributed by atoms with Gasteiger partial charge in [0, 0.05) is 12.8 Å². The summed E-state index contributed by atoms with van der Waals surface area (Å²) in [6.07, 6.45) is 15.6. The van der Waals surface area contributed by atoms with Crippen LogP contribution in [0.5, 0.6) is 0 Å². The van der Waals surface area contributed by atoms with Crippen LogP contribution in [0.3, 0.4) is 0 Å². The molecule has 0 aliphatic rings. The first kappa shape index (κ1) is 30.4. The molecule has 0 heterocycles. The van der Waals surface area contributed by atoms with Crippen LogP contribution >= 0.6 is 21.3 Å². The summed E-state index contributed by atoms with van der Waals surface area (Å²) in [6.45, 7) is 2.01. The third-order valence-corrected chi connectivity index (χ3v) is 5.64. The van der Waals surface area contributed by atoms with Crippen molar-refractivity contribution in [3.8, 4) is 0 Å². The van der Waals surface area contributed by atoms with E-state index in [4.69, 9.17) is 14.0 Å². The summed E-state index contributed by atoms with van der Waals surface area (Å²) in [7, 11) is -0.489. The number of esters is 2. The minimum absolute atomic E-state index is 0.0616. The second-order valence-electron chi connectivity index (χ2n) is 7.98. The molecule has 0 fully saturated rings. The molecule has 0 saturated heterocycles. The Bertz CT molecular complexity index is 450. The fraction of sp³-hybridized carbons (Fsp3) is 0.913. The number of ether oxygens (including phenoxy) is 2. The number of hydrogen-bond acceptors (Lipinski definition) is 7. The zero-order chi connectivity index (χ0) is 23.0. The molecule has 0 spiro atoms. The maximum absolute atomic E-state index is 12.0. The van der Waals surface area contributed by atoms with E-state index in [2.05, 4.69) is 19.6 Å². The van der Waals surface area contributed by atoms with Gasteiger partial charge in [0.05, 0.1) is 0 Å². The molecule has 0 aromatic heterocycles. The van der Waals surface area contributed by atoms with Gasteiger partial charge in [-0.15, -0.1) is 0 Å². The van der Waals surface area contributed by atoms with Crippen LogP contribution < -0.4 is 0 Å². The van der Waals surface area contributed by atoms with Gasteiger partial charge >= 0.3 is 20.6 Å². The van der Waals surface area contributed by atoms with Crippen molar-refractivity contribution in [3.63, 3.8) is 0 Å². The lowest BCUT2D eigenvalue weighted by Crippen LogP contribution is -2.28. The first-order valence-electron chi connectivity index (χ1n) is 12.0. The van der Waals surface area contributed by atoms with Gasteiger partial charge in [-0.1, -0.05) is 77.6 Å². The summed E-state index contributed by atoms with van der Waals surface area (Å²) in [6, 6.07) is 0. The quantitative estimate of drug-likeness (QED) is 0.0748. The Morgan fingerprint density at radius 3 is 1.81 bits per heavy atom. The van der Waals surface area contributed by atoms with Crippen molar-refractivity contribution in [2.45, 2.75) is 116 Å². The lowest BCUT2D eigenvalue weighted by molar-refractivity contribution is -0.160. The molecule has 0 amide bonds. The van der Waals surface area contributed by atoms with E-state index in [1.54, 1.807) is 0 Å². The van der Waals surface area contributed by atoms with Gasteiger partial charge in [-0.2, -0.15) is 12.6 Å². The van der Waals surface area contributed by atoms with Crippen molar-refractivity contribution >= 4 is 33.3 Å². The molecule has 0 unspecified atom stereocenters. The highest BCUT2D eigenvalue weighted by molar-refractivity contribution is 7.80. The van der Waals surface area contributed by atoms with Crippen LogP contribution in [-0.4, -0.2) is 37.0 Å². The standard InChI is InChI=1S/C23H43O6PS/c1-2-3-4-10-14-17-23(25)29-21(20-28-30-26)19-27-22(24)16-13-11-8-6-5-7-9-12-15-18-31/h21,31H,2-20H2,1H3/t21-/m0/s1. The molecule has 0 bridgehead atoms. The van der Waals surface area contributed by atoms with Gasteiger partial charge in [-0.25, -0.2) is 4.57 Å². The smallest absolute Gasteiger partial charge is 0.327 e. The van der Waals surface area contributed by atoms with Gasteiger partial charge in [0.15, 0.2) is 6.10 Å². The maximum atomic E-state index is 12.0. The number of carbonyl (C=O) groups is 2. The highest BCUT2D eigenvalue weighted by atomic mass is 32.1. The third-order valence-electron chi connectivity index (χ3n) is 5.06. The molecular weight excluding hydrogens is 435 g/mol. The summed E-state index contributed by atoms with van der Waals surface area (Å²) < 4.78 is 25.9. The summed E-state index contributed by atoms with van der Waals surface area (Å²) in [4.78, 5) is 23.9. The van der Waals surface area contributed by atoms with Gasteiger partial charge in [0.2, 0.25) is 0 Å². The van der Waals surface area contributed by atoms with Crippen LogP contribution in [0.2, 0.25) is 0 Å². The van der Waals surface area contributed by atoms with E-state index in [0.717, 1.165) is 50.7 Å². The second kappa shape index (κ2) is 24.0. The van der Waals surface area contributed by atoms with E-state index in [1.165, 1.54) is 44.9 Å². The van der Waals surface area contributed by atoms with Crippen molar-refractivity contribution in [2.75, 3.05) is 19.0 Å². The molecule has 0 rings (SSSR count). The average Bonchev–Trinajstić information content (AvgIpc) is 2.76. The lowest BCUT2D eigenvalue weighted by Gasteiger charge is -2.16. The zero-order valence-corrected chi connectivity index (χ0v) is 21.1. The number of hydrogen-bond donors (Lipinski definition) is 1. The van der Waals surface area contributed by atoms with Gasteiger partial charge in [-0.05, 0) is 25.0 Å². The molecular formula is C23H43O6PS. The average molecular weight is 479 g/mol. The monoisotopic (exact) mass is 478 g/mol. The van der Waals surface area contributed by atoms with E-state index in [1.807, 2.05) is 0 Å². The fourth-order valence-corrected chi connectivity index (χ4v) is 3.67. The highest BCUT2D eigenvalue weighted by Gasteiger charge is 2.17. The molecule has 0 aromatic carbocycles. The molecule has 0 radical (unpaired) electrons. The minimum atomic E-state index is -0.726. The molecule has 0 aliphatic heterocycles. The van der Waals surface area contributed by atoms with E-state index in [-0.39, 0.29) is 25.2 Å². The molecule has 0 N–H and O–H groups in total. The summed E-state index contributed by atoms with van der Waals surface area (Å²) in [5.41, 5.74) is 0. The second-order valence-corrected chi connectivity index (χ2v) is 8.84. The van der Waals surface area contributed by atoms with Crippen molar-refractivity contribution in [3.05, 3.63) is 0 Å². The zero-order valence-electron chi connectivity index (χ0n) is 19.4. The predicted octanol–water partition coefficient (Wildman–Crippen LogP) is 6.86. The van der Waals surface area contributed by atoms with Crippen LogP contribution in [0.1, 0.15) is 110 Å². The van der Waals surface area contributed by atoms with Crippen molar-refractivity contribution in [2.24, 2.45) is 0 Å². The molecule has 182 valence electrons. The predicted molar refractivity (Wildman–Crippen MR) is 128 cm³/mol. The van der Waals surface area contributed by atoms with Crippen molar-refractivity contribution in [1.82, 2.24) is 0 Å². The van der Waals surface area contributed by atoms with E-state index in [9.17, 15) is 14.2 Å². The Hall–Kier alpha value is -0.650. The number of unbranched alkanes of at least 4 members (excludes halogenated alkanes) is 12. The summed E-state index contributed by atoms with van der Waals surface area (Å²) in [5, 5.41) is 0. The van der Waals surface area contributed by atoms with Crippen LogP contribution in [0, 0.1) is 0 Å². The highest BCUT2D eigenvalue weighted by Crippen LogP contribution is 2.12. The van der Waals surface area contributed by atoms with E-state index in [0.29, 0.717) is 12.8 Å². The maximum Gasteiger partial charge on any atom is 0.327 e. The molecule has 1 atom stereocenters. The van der Waals surface area contributed by atoms with Crippen molar-refractivity contribution < 1.29 is 28.2 Å². The van der Waals surface area contributed by atoms with Crippen LogP contribution in [0.4, 0.5) is 0 Å². The van der Waals surface area contributed by atoms with Crippen LogP contribution in [0.15, 0.2) is 0 Å². The first-order chi connectivity index (χ1) is 15.1. The number of carbonyl (C=O) groups excluding carboxylic acids is 2. The summed E-state index contributed by atoms with van der Waals surface area (Å²) in [5.74, 6) is 0.338. The molecule has 0 aromatic rings. The van der Waals surface area contributed by atoms with Gasteiger partial charge in [0.25, 0.3) is 0 Å². The molecule has 0 saturated carbocycles. The normalized spacial score (nSPS) is 12.1. The molecule has 8 heteroatoms. The van der Waals surface area contributed by atoms with Crippen LogP contribution in [-0.2, 0) is 28.2 Å². The number of thiol groups is 1. The lowest BCUT2D eigenvalue weighted by atomic mass is 10.1. The van der Waals surface area contributed by atoms with E-state index >= 15 is 0 Å². The molecule has 31 heavy (non-hydrogen) atoms. The number of rotatable bonds is 23. The SMILES string of the molecule is CCCCCCCC(=O)O[C@H](COP=O)COC(=O)CCCCCCCCCCCS. The first-order valence-corrected chi connectivity index (χ1v) is 13.4. The van der Waals surface area contributed by atoms with E-state index < -0.39 is 14.8 Å². The topological polar surface area (TPSA) is 78.9 Å². The fourth-order valence-electron chi connectivity index (χ4n) is 3.22.